The zero-order valence-electron chi connectivity index (χ0n) is 22.2. The van der Waals surface area contributed by atoms with Gasteiger partial charge in [-0.05, 0) is 73.0 Å². The average molecular weight is 533 g/mol. The number of aryl methyl sites for hydroxylation is 1. The first-order valence-electron chi connectivity index (χ1n) is 12.6. The number of nitrogens with one attached hydrogen (secondary N) is 2. The lowest BCUT2D eigenvalue weighted by atomic mass is 10.2. The van der Waals surface area contributed by atoms with Gasteiger partial charge in [-0.3, -0.25) is 14.4 Å². The molecule has 3 aromatic carbocycles. The first kappa shape index (κ1) is 28.9. The summed E-state index contributed by atoms with van der Waals surface area (Å²) < 4.78 is 15.9. The number of carbonyl (C=O) groups is 4. The Morgan fingerprint density at radius 2 is 1.36 bits per heavy atom. The van der Waals surface area contributed by atoms with E-state index in [0.29, 0.717) is 29.3 Å². The largest absolute Gasteiger partial charge is 0.462 e. The molecule has 0 aromatic heterocycles. The molecule has 9 nitrogen and oxygen atoms in total. The fourth-order valence-corrected chi connectivity index (χ4v) is 3.27. The van der Waals surface area contributed by atoms with Crippen LogP contribution in [0.1, 0.15) is 42.6 Å². The highest BCUT2D eigenvalue weighted by Crippen LogP contribution is 2.25. The van der Waals surface area contributed by atoms with E-state index in [-0.39, 0.29) is 24.7 Å². The van der Waals surface area contributed by atoms with Crippen LogP contribution in [0.4, 0.5) is 11.4 Å². The molecule has 2 N–H and O–H groups in total. The molecule has 39 heavy (non-hydrogen) atoms. The quantitative estimate of drug-likeness (QED) is 0.296. The van der Waals surface area contributed by atoms with E-state index < -0.39 is 24.5 Å². The molecule has 0 spiro atoms. The first-order chi connectivity index (χ1) is 18.7. The van der Waals surface area contributed by atoms with Gasteiger partial charge < -0.3 is 24.8 Å². The summed E-state index contributed by atoms with van der Waals surface area (Å²) in [5.41, 5.74) is 2.37. The summed E-state index contributed by atoms with van der Waals surface area (Å²) in [4.78, 5) is 48.2. The van der Waals surface area contributed by atoms with E-state index in [0.717, 1.165) is 11.3 Å². The summed E-state index contributed by atoms with van der Waals surface area (Å²) in [5.74, 6) is -0.420. The second-order valence-corrected chi connectivity index (χ2v) is 9.22. The molecule has 0 unspecified atom stereocenters. The van der Waals surface area contributed by atoms with Crippen molar-refractivity contribution >= 4 is 35.1 Å². The highest BCUT2D eigenvalue weighted by molar-refractivity contribution is 5.95. The first-order valence-corrected chi connectivity index (χ1v) is 12.6. The number of hydrogen-bond acceptors (Lipinski definition) is 7. The third-order valence-corrected chi connectivity index (χ3v) is 5.33. The van der Waals surface area contributed by atoms with E-state index in [4.69, 9.17) is 14.2 Å². The lowest BCUT2D eigenvalue weighted by Gasteiger charge is -2.10. The molecule has 0 aliphatic carbocycles. The molecule has 0 aliphatic rings. The molecule has 0 heterocycles. The molecule has 0 radical (unpaired) electrons. The van der Waals surface area contributed by atoms with Crippen molar-refractivity contribution in [2.24, 2.45) is 5.92 Å². The SMILES string of the molecule is Cc1ccccc1Oc1ccc(NC(=O)CCC(=O)OCC(=O)Nc2ccc(C(=O)OCC(C)C)cc2)cc1. The van der Waals surface area contributed by atoms with Gasteiger partial charge in [0.05, 0.1) is 18.6 Å². The molecule has 3 rings (SSSR count). The Hall–Kier alpha value is -4.66. The Bertz CT molecular complexity index is 1290. The monoisotopic (exact) mass is 532 g/mol. The molecule has 0 bridgehead atoms. The van der Waals surface area contributed by atoms with Gasteiger partial charge in [0.15, 0.2) is 6.61 Å². The number of ether oxygens (including phenoxy) is 3. The Morgan fingerprint density at radius 1 is 0.744 bits per heavy atom. The lowest BCUT2D eigenvalue weighted by molar-refractivity contribution is -0.147. The Kier molecular flexibility index (Phi) is 10.6. The van der Waals surface area contributed by atoms with E-state index in [9.17, 15) is 19.2 Å². The molecule has 204 valence electrons. The minimum Gasteiger partial charge on any atom is -0.462 e. The van der Waals surface area contributed by atoms with Crippen molar-refractivity contribution in [1.29, 1.82) is 0 Å². The van der Waals surface area contributed by atoms with Crippen molar-refractivity contribution in [1.82, 2.24) is 0 Å². The third kappa shape index (κ3) is 9.96. The second-order valence-electron chi connectivity index (χ2n) is 9.22. The van der Waals surface area contributed by atoms with Crippen LogP contribution in [-0.2, 0) is 23.9 Å². The lowest BCUT2D eigenvalue weighted by Crippen LogP contribution is -2.21. The van der Waals surface area contributed by atoms with Crippen LogP contribution in [0.15, 0.2) is 72.8 Å². The zero-order valence-corrected chi connectivity index (χ0v) is 22.2. The van der Waals surface area contributed by atoms with Crippen LogP contribution in [0.5, 0.6) is 11.5 Å². The van der Waals surface area contributed by atoms with Crippen molar-refractivity contribution in [3.63, 3.8) is 0 Å². The molecule has 0 aliphatic heterocycles. The minimum absolute atomic E-state index is 0.101. The number of hydrogen-bond donors (Lipinski definition) is 2. The summed E-state index contributed by atoms with van der Waals surface area (Å²) in [6.07, 6.45) is -0.281. The van der Waals surface area contributed by atoms with Crippen molar-refractivity contribution < 1.29 is 33.4 Å². The van der Waals surface area contributed by atoms with Crippen molar-refractivity contribution in [2.75, 3.05) is 23.8 Å². The van der Waals surface area contributed by atoms with Crippen LogP contribution in [0.2, 0.25) is 0 Å². The number of esters is 2. The number of anilines is 2. The van der Waals surface area contributed by atoms with E-state index >= 15 is 0 Å². The molecule has 3 aromatic rings. The van der Waals surface area contributed by atoms with E-state index in [1.807, 2.05) is 45.0 Å². The maximum Gasteiger partial charge on any atom is 0.338 e. The van der Waals surface area contributed by atoms with Gasteiger partial charge in [-0.25, -0.2) is 4.79 Å². The van der Waals surface area contributed by atoms with Gasteiger partial charge in [0, 0.05) is 17.8 Å². The maximum atomic E-state index is 12.2. The molecule has 0 atom stereocenters. The van der Waals surface area contributed by atoms with Gasteiger partial charge in [-0.2, -0.15) is 0 Å². The van der Waals surface area contributed by atoms with Gasteiger partial charge >= 0.3 is 11.9 Å². The smallest absolute Gasteiger partial charge is 0.338 e. The van der Waals surface area contributed by atoms with E-state index in [1.54, 1.807) is 36.4 Å². The summed E-state index contributed by atoms with van der Waals surface area (Å²) in [5, 5.41) is 5.28. The molecule has 0 saturated heterocycles. The van der Waals surface area contributed by atoms with Crippen molar-refractivity contribution in [3.8, 4) is 11.5 Å². The fraction of sp³-hybridized carbons (Fsp3) is 0.267. The Morgan fingerprint density at radius 3 is 2.00 bits per heavy atom. The predicted molar refractivity (Wildman–Crippen MR) is 147 cm³/mol. The topological polar surface area (TPSA) is 120 Å². The number of rotatable bonds is 12. The normalized spacial score (nSPS) is 10.5. The van der Waals surface area contributed by atoms with Gasteiger partial charge in [-0.15, -0.1) is 0 Å². The summed E-state index contributed by atoms with van der Waals surface area (Å²) in [6.45, 7) is 5.66. The zero-order chi connectivity index (χ0) is 28.2. The van der Waals surface area contributed by atoms with Gasteiger partial charge in [0.2, 0.25) is 5.91 Å². The number of amides is 2. The summed E-state index contributed by atoms with van der Waals surface area (Å²) in [7, 11) is 0. The number of para-hydroxylation sites is 1. The average Bonchev–Trinajstić information content (AvgIpc) is 2.92. The predicted octanol–water partition coefficient (Wildman–Crippen LogP) is 5.50. The molecular weight excluding hydrogens is 500 g/mol. The molecule has 9 heteroatoms. The van der Waals surface area contributed by atoms with Crippen LogP contribution in [0, 0.1) is 12.8 Å². The Balaban J connectivity index is 1.35. The summed E-state index contributed by atoms with van der Waals surface area (Å²) >= 11 is 0. The van der Waals surface area contributed by atoms with Crippen LogP contribution in [0.25, 0.3) is 0 Å². The molecular formula is C30H32N2O7. The van der Waals surface area contributed by atoms with E-state index in [2.05, 4.69) is 10.6 Å². The third-order valence-electron chi connectivity index (χ3n) is 5.33. The summed E-state index contributed by atoms with van der Waals surface area (Å²) in [6, 6.07) is 20.7. The molecule has 0 fully saturated rings. The van der Waals surface area contributed by atoms with Crippen LogP contribution in [-0.4, -0.2) is 37.0 Å². The number of carbonyl (C=O) groups excluding carboxylic acids is 4. The highest BCUT2D eigenvalue weighted by atomic mass is 16.5. The Labute approximate surface area is 227 Å². The maximum absolute atomic E-state index is 12.2. The highest BCUT2D eigenvalue weighted by Gasteiger charge is 2.12. The fourth-order valence-electron chi connectivity index (χ4n) is 3.27. The van der Waals surface area contributed by atoms with Gasteiger partial charge in [-0.1, -0.05) is 32.0 Å². The standard InChI is InChI=1S/C30H32N2O7/c1-20(2)18-38-30(36)22-8-10-23(11-9-22)32-28(34)19-37-29(35)17-16-27(33)31-24-12-14-25(15-13-24)39-26-7-5-4-6-21(26)3/h4-15,20H,16-19H2,1-3H3,(H,31,33)(H,32,34). The van der Waals surface area contributed by atoms with Crippen LogP contribution < -0.4 is 15.4 Å². The van der Waals surface area contributed by atoms with Crippen LogP contribution in [0.3, 0.4) is 0 Å². The molecule has 2 amide bonds. The minimum atomic E-state index is -0.675. The van der Waals surface area contributed by atoms with E-state index in [1.165, 1.54) is 12.1 Å². The van der Waals surface area contributed by atoms with Crippen molar-refractivity contribution in [2.45, 2.75) is 33.6 Å². The van der Waals surface area contributed by atoms with Crippen LogP contribution >= 0.6 is 0 Å². The van der Waals surface area contributed by atoms with Gasteiger partial charge in [0.1, 0.15) is 11.5 Å². The van der Waals surface area contributed by atoms with Crippen molar-refractivity contribution in [3.05, 3.63) is 83.9 Å². The molecule has 0 saturated carbocycles. The second kappa shape index (κ2) is 14.3. The number of benzene rings is 3. The van der Waals surface area contributed by atoms with Gasteiger partial charge in [0.25, 0.3) is 5.91 Å².